The van der Waals surface area contributed by atoms with Crippen LogP contribution in [0.15, 0.2) is 0 Å². The van der Waals surface area contributed by atoms with Crippen molar-refractivity contribution in [1.29, 1.82) is 0 Å². The molecule has 1 aliphatic rings. The van der Waals surface area contributed by atoms with Crippen molar-refractivity contribution in [3.63, 3.8) is 0 Å². The maximum atomic E-state index is 11.8. The second-order valence-electron chi connectivity index (χ2n) is 4.26. The minimum atomic E-state index is -3.19. The number of sulfonamides is 1. The van der Waals surface area contributed by atoms with E-state index in [0.717, 1.165) is 32.8 Å². The molecule has 1 saturated heterocycles. The Labute approximate surface area is 104 Å². The Kier molecular flexibility index (Phi) is 6.35. The molecule has 7 heteroatoms. The van der Waals surface area contributed by atoms with E-state index in [-0.39, 0.29) is 0 Å². The van der Waals surface area contributed by atoms with Crippen molar-refractivity contribution < 1.29 is 13.2 Å². The maximum absolute atomic E-state index is 11.8. The average molecular weight is 265 g/mol. The van der Waals surface area contributed by atoms with Crippen molar-refractivity contribution in [2.75, 3.05) is 53.0 Å². The number of nitrogens with zero attached hydrogens (tertiary/aromatic N) is 1. The van der Waals surface area contributed by atoms with Crippen LogP contribution in [0.25, 0.3) is 0 Å². The molecule has 2 N–H and O–H groups in total. The summed E-state index contributed by atoms with van der Waals surface area (Å²) in [5.41, 5.74) is 0. The zero-order chi connectivity index (χ0) is 12.7. The summed E-state index contributed by atoms with van der Waals surface area (Å²) in [6.07, 6.45) is 0. The first kappa shape index (κ1) is 14.8. The van der Waals surface area contributed by atoms with Crippen LogP contribution in [0.3, 0.4) is 0 Å². The molecule has 0 aromatic carbocycles. The summed E-state index contributed by atoms with van der Waals surface area (Å²) in [5, 5.41) is 2.46. The van der Waals surface area contributed by atoms with Gasteiger partial charge in [-0.15, -0.1) is 0 Å². The highest BCUT2D eigenvalue weighted by molar-refractivity contribution is 7.90. The lowest BCUT2D eigenvalue weighted by molar-refractivity contribution is 0.0390. The number of ether oxygens (including phenoxy) is 1. The molecular weight excluding hydrogens is 242 g/mol. The summed E-state index contributed by atoms with van der Waals surface area (Å²) >= 11 is 0. The Morgan fingerprint density at radius 2 is 2.00 bits per heavy atom. The number of nitrogens with one attached hydrogen (secondary N) is 2. The van der Waals surface area contributed by atoms with Crippen LogP contribution in [0.4, 0.5) is 0 Å². The van der Waals surface area contributed by atoms with Crippen LogP contribution < -0.4 is 10.0 Å². The van der Waals surface area contributed by atoms with Gasteiger partial charge in [-0.3, -0.25) is 4.90 Å². The second kappa shape index (κ2) is 7.27. The number of morpholine rings is 1. The Morgan fingerprint density at radius 3 is 2.59 bits per heavy atom. The van der Waals surface area contributed by atoms with Gasteiger partial charge in [0.1, 0.15) is 0 Å². The third-order valence-corrected chi connectivity index (χ3v) is 4.69. The molecule has 1 aliphatic heterocycles. The topological polar surface area (TPSA) is 70.7 Å². The molecule has 0 amide bonds. The molecule has 0 aromatic rings. The lowest BCUT2D eigenvalue weighted by Gasteiger charge is -2.26. The zero-order valence-corrected chi connectivity index (χ0v) is 11.4. The van der Waals surface area contributed by atoms with E-state index in [9.17, 15) is 8.42 Å². The highest BCUT2D eigenvalue weighted by Crippen LogP contribution is 1.98. The van der Waals surface area contributed by atoms with Crippen LogP contribution in [-0.4, -0.2) is 71.6 Å². The van der Waals surface area contributed by atoms with E-state index < -0.39 is 15.3 Å². The van der Waals surface area contributed by atoms with E-state index in [1.807, 2.05) is 0 Å². The normalized spacial score (nSPS) is 20.4. The summed E-state index contributed by atoms with van der Waals surface area (Å²) in [4.78, 5) is 2.20. The Balaban J connectivity index is 2.24. The van der Waals surface area contributed by atoms with Crippen molar-refractivity contribution in [3.05, 3.63) is 0 Å². The van der Waals surface area contributed by atoms with E-state index in [1.54, 1.807) is 14.0 Å². The van der Waals surface area contributed by atoms with E-state index in [1.165, 1.54) is 0 Å². The van der Waals surface area contributed by atoms with Gasteiger partial charge < -0.3 is 10.1 Å². The number of rotatable bonds is 7. The molecule has 0 aromatic heterocycles. The predicted molar refractivity (Wildman–Crippen MR) is 67.6 cm³/mol. The van der Waals surface area contributed by atoms with Gasteiger partial charge in [0.05, 0.1) is 18.5 Å². The molecule has 6 nitrogen and oxygen atoms in total. The molecule has 1 unspecified atom stereocenters. The predicted octanol–water partition coefficient (Wildman–Crippen LogP) is -1.15. The molecule has 0 aliphatic carbocycles. The molecule has 1 heterocycles. The highest BCUT2D eigenvalue weighted by Gasteiger charge is 2.19. The smallest absolute Gasteiger partial charge is 0.215 e. The van der Waals surface area contributed by atoms with Crippen molar-refractivity contribution >= 4 is 10.0 Å². The first-order chi connectivity index (χ1) is 8.06. The van der Waals surface area contributed by atoms with Gasteiger partial charge in [-0.05, 0) is 14.0 Å². The van der Waals surface area contributed by atoms with E-state index in [4.69, 9.17) is 4.74 Å². The lowest BCUT2D eigenvalue weighted by atomic mass is 10.4. The van der Waals surface area contributed by atoms with Crippen molar-refractivity contribution in [3.8, 4) is 0 Å². The fraction of sp³-hybridized carbons (Fsp3) is 1.00. The van der Waals surface area contributed by atoms with Crippen molar-refractivity contribution in [2.24, 2.45) is 0 Å². The van der Waals surface area contributed by atoms with Gasteiger partial charge in [-0.25, -0.2) is 13.1 Å². The summed E-state index contributed by atoms with van der Waals surface area (Å²) in [7, 11) is -1.44. The molecule has 0 saturated carbocycles. The standard InChI is InChI=1S/C10H23N3O3S/c1-10(9-11-2)17(14,15)12-3-4-13-5-7-16-8-6-13/h10-12H,3-9H2,1-2H3. The molecule has 1 fully saturated rings. The Bertz CT molecular complexity index is 302. The highest BCUT2D eigenvalue weighted by atomic mass is 32.2. The van der Waals surface area contributed by atoms with Gasteiger partial charge in [-0.2, -0.15) is 0 Å². The van der Waals surface area contributed by atoms with E-state index >= 15 is 0 Å². The minimum Gasteiger partial charge on any atom is -0.379 e. The first-order valence-corrected chi connectivity index (χ1v) is 7.54. The molecule has 1 atom stereocenters. The van der Waals surface area contributed by atoms with Gasteiger partial charge in [0.2, 0.25) is 10.0 Å². The van der Waals surface area contributed by atoms with Crippen LogP contribution in [0, 0.1) is 0 Å². The molecule has 0 spiro atoms. The molecule has 102 valence electrons. The van der Waals surface area contributed by atoms with Crippen LogP contribution in [0.1, 0.15) is 6.92 Å². The first-order valence-electron chi connectivity index (χ1n) is 5.99. The minimum absolute atomic E-state index is 0.405. The summed E-state index contributed by atoms with van der Waals surface area (Å²) in [6, 6.07) is 0. The van der Waals surface area contributed by atoms with Gasteiger partial charge in [-0.1, -0.05) is 0 Å². The van der Waals surface area contributed by atoms with E-state index in [0.29, 0.717) is 13.1 Å². The second-order valence-corrected chi connectivity index (χ2v) is 6.45. The van der Waals surface area contributed by atoms with Crippen LogP contribution in [0.5, 0.6) is 0 Å². The largest absolute Gasteiger partial charge is 0.379 e. The Morgan fingerprint density at radius 1 is 1.35 bits per heavy atom. The van der Waals surface area contributed by atoms with E-state index in [2.05, 4.69) is 14.9 Å². The lowest BCUT2D eigenvalue weighted by Crippen LogP contribution is -2.44. The molecule has 0 radical (unpaired) electrons. The maximum Gasteiger partial charge on any atom is 0.215 e. The molecule has 17 heavy (non-hydrogen) atoms. The molecule has 1 rings (SSSR count). The third-order valence-electron chi connectivity index (χ3n) is 2.86. The summed E-state index contributed by atoms with van der Waals surface area (Å²) in [6.45, 7) is 6.62. The van der Waals surface area contributed by atoms with Gasteiger partial charge in [0.25, 0.3) is 0 Å². The Hall–Kier alpha value is -0.210. The van der Waals surface area contributed by atoms with Gasteiger partial charge in [0.15, 0.2) is 0 Å². The average Bonchev–Trinajstić information content (AvgIpc) is 2.30. The fourth-order valence-corrected chi connectivity index (χ4v) is 2.76. The quantitative estimate of drug-likeness (QED) is 0.608. The molecule has 0 bridgehead atoms. The van der Waals surface area contributed by atoms with Crippen LogP contribution in [0.2, 0.25) is 0 Å². The number of hydrogen-bond donors (Lipinski definition) is 2. The van der Waals surface area contributed by atoms with Crippen molar-refractivity contribution in [2.45, 2.75) is 12.2 Å². The van der Waals surface area contributed by atoms with Crippen LogP contribution in [-0.2, 0) is 14.8 Å². The SMILES string of the molecule is CNCC(C)S(=O)(=O)NCCN1CCOCC1. The summed E-state index contributed by atoms with van der Waals surface area (Å²) in [5.74, 6) is 0. The van der Waals surface area contributed by atoms with Crippen LogP contribution >= 0.6 is 0 Å². The van der Waals surface area contributed by atoms with Crippen molar-refractivity contribution in [1.82, 2.24) is 14.9 Å². The fourth-order valence-electron chi connectivity index (χ4n) is 1.71. The number of hydrogen-bond acceptors (Lipinski definition) is 5. The zero-order valence-electron chi connectivity index (χ0n) is 10.6. The summed E-state index contributed by atoms with van der Waals surface area (Å²) < 4.78 is 31.4. The van der Waals surface area contributed by atoms with Gasteiger partial charge >= 0.3 is 0 Å². The van der Waals surface area contributed by atoms with Gasteiger partial charge in [0, 0.05) is 32.7 Å². The monoisotopic (exact) mass is 265 g/mol. The molecular formula is C10H23N3O3S. The third kappa shape index (κ3) is 5.31.